The van der Waals surface area contributed by atoms with Gasteiger partial charge in [0.05, 0.1) is 0 Å². The van der Waals surface area contributed by atoms with E-state index in [1.807, 2.05) is 32.9 Å². The number of anilines is 1. The molecule has 0 spiro atoms. The van der Waals surface area contributed by atoms with Crippen LogP contribution >= 0.6 is 0 Å². The average Bonchev–Trinajstić information content (AvgIpc) is 2.45. The van der Waals surface area contributed by atoms with Crippen molar-refractivity contribution in [3.63, 3.8) is 0 Å². The van der Waals surface area contributed by atoms with E-state index in [9.17, 15) is 4.79 Å². The van der Waals surface area contributed by atoms with Gasteiger partial charge in [-0.05, 0) is 76.0 Å². The summed E-state index contributed by atoms with van der Waals surface area (Å²) in [6.07, 6.45) is 4.32. The summed E-state index contributed by atoms with van der Waals surface area (Å²) in [4.78, 5) is 11.7. The summed E-state index contributed by atoms with van der Waals surface area (Å²) in [5.41, 5.74) is 7.50. The van der Waals surface area contributed by atoms with Crippen LogP contribution in [0.5, 0.6) is 0 Å². The quantitative estimate of drug-likeness (QED) is 0.827. The highest BCUT2D eigenvalue weighted by molar-refractivity contribution is 5.67. The third-order valence-electron chi connectivity index (χ3n) is 4.19. The summed E-state index contributed by atoms with van der Waals surface area (Å²) >= 11 is 0. The van der Waals surface area contributed by atoms with E-state index in [0.29, 0.717) is 18.4 Å². The molecule has 0 radical (unpaired) electrons. The van der Waals surface area contributed by atoms with Crippen molar-refractivity contribution in [1.29, 1.82) is 0 Å². The van der Waals surface area contributed by atoms with Crippen molar-refractivity contribution in [2.75, 3.05) is 12.3 Å². The van der Waals surface area contributed by atoms with Crippen molar-refractivity contribution in [2.24, 2.45) is 5.92 Å². The topological polar surface area (TPSA) is 64.3 Å². The lowest BCUT2D eigenvalue weighted by atomic mass is 9.78. The van der Waals surface area contributed by atoms with Crippen LogP contribution in [0.3, 0.4) is 0 Å². The molecule has 0 aromatic heterocycles. The molecule has 1 aliphatic rings. The van der Waals surface area contributed by atoms with Crippen LogP contribution in [0.15, 0.2) is 24.3 Å². The molecule has 0 unspecified atom stereocenters. The zero-order valence-corrected chi connectivity index (χ0v) is 13.9. The number of nitrogens with one attached hydrogen (secondary N) is 1. The van der Waals surface area contributed by atoms with Gasteiger partial charge in [-0.1, -0.05) is 12.1 Å². The monoisotopic (exact) mass is 304 g/mol. The largest absolute Gasteiger partial charge is 0.444 e. The normalized spacial score (nSPS) is 22.1. The number of carbonyl (C=O) groups excluding carboxylic acids is 1. The minimum atomic E-state index is -0.434. The van der Waals surface area contributed by atoms with Gasteiger partial charge in [0, 0.05) is 12.2 Å². The van der Waals surface area contributed by atoms with Gasteiger partial charge in [0.1, 0.15) is 5.60 Å². The Morgan fingerprint density at radius 3 is 2.32 bits per heavy atom. The predicted octanol–water partition coefficient (Wildman–Crippen LogP) is 4.07. The number of carbonyl (C=O) groups is 1. The van der Waals surface area contributed by atoms with Gasteiger partial charge < -0.3 is 15.8 Å². The molecule has 1 saturated carbocycles. The number of alkyl carbamates (subject to hydrolysis) is 1. The molecule has 0 heterocycles. The molecule has 2 rings (SSSR count). The van der Waals surface area contributed by atoms with Gasteiger partial charge in [-0.25, -0.2) is 4.79 Å². The van der Waals surface area contributed by atoms with Crippen molar-refractivity contribution in [3.8, 4) is 0 Å². The number of nitrogen functional groups attached to an aromatic ring is 1. The molecule has 4 heteroatoms. The Kier molecular flexibility index (Phi) is 5.33. The smallest absolute Gasteiger partial charge is 0.407 e. The van der Waals surface area contributed by atoms with E-state index in [1.54, 1.807) is 0 Å². The van der Waals surface area contributed by atoms with Crippen LogP contribution in [-0.4, -0.2) is 18.2 Å². The molecule has 1 fully saturated rings. The van der Waals surface area contributed by atoms with Gasteiger partial charge in [0.15, 0.2) is 0 Å². The van der Waals surface area contributed by atoms with Gasteiger partial charge >= 0.3 is 6.09 Å². The van der Waals surface area contributed by atoms with Crippen molar-refractivity contribution >= 4 is 11.8 Å². The molecular weight excluding hydrogens is 276 g/mol. The predicted molar refractivity (Wildman–Crippen MR) is 89.8 cm³/mol. The van der Waals surface area contributed by atoms with E-state index in [4.69, 9.17) is 10.5 Å². The van der Waals surface area contributed by atoms with Crippen molar-refractivity contribution in [1.82, 2.24) is 5.32 Å². The number of nitrogens with two attached hydrogens (primary N) is 1. The number of benzene rings is 1. The molecule has 0 atom stereocenters. The highest BCUT2D eigenvalue weighted by Gasteiger charge is 2.23. The summed E-state index contributed by atoms with van der Waals surface area (Å²) in [5, 5.41) is 2.89. The first-order valence-corrected chi connectivity index (χ1v) is 8.16. The summed E-state index contributed by atoms with van der Waals surface area (Å²) in [7, 11) is 0. The van der Waals surface area contributed by atoms with E-state index in [0.717, 1.165) is 18.5 Å². The van der Waals surface area contributed by atoms with Crippen LogP contribution in [0.1, 0.15) is 57.9 Å². The fraction of sp³-hybridized carbons (Fsp3) is 0.611. The van der Waals surface area contributed by atoms with Gasteiger partial charge in [-0.15, -0.1) is 0 Å². The van der Waals surface area contributed by atoms with E-state index < -0.39 is 5.60 Å². The number of hydrogen-bond donors (Lipinski definition) is 2. The maximum Gasteiger partial charge on any atom is 0.407 e. The molecule has 0 bridgehead atoms. The average molecular weight is 304 g/mol. The van der Waals surface area contributed by atoms with Crippen LogP contribution in [0.25, 0.3) is 0 Å². The van der Waals surface area contributed by atoms with Gasteiger partial charge in [0.25, 0.3) is 0 Å². The number of amides is 1. The van der Waals surface area contributed by atoms with Crippen LogP contribution in [0.4, 0.5) is 10.5 Å². The van der Waals surface area contributed by atoms with Crippen molar-refractivity contribution in [2.45, 2.75) is 58.0 Å². The van der Waals surface area contributed by atoms with E-state index in [1.165, 1.54) is 18.4 Å². The summed E-state index contributed by atoms with van der Waals surface area (Å²) in [6, 6.07) is 8.23. The fourth-order valence-electron chi connectivity index (χ4n) is 3.01. The molecule has 4 nitrogen and oxygen atoms in total. The standard InChI is InChI=1S/C18H28N2O2/c1-18(2,3)22-17(21)20-12-13-4-6-14(7-5-13)15-8-10-16(19)11-9-15/h8-11,13-14H,4-7,12,19H2,1-3H3,(H,20,21). The summed E-state index contributed by atoms with van der Waals surface area (Å²) in [5.74, 6) is 1.18. The third-order valence-corrected chi connectivity index (χ3v) is 4.19. The van der Waals surface area contributed by atoms with Gasteiger partial charge in [0.2, 0.25) is 0 Å². The fourth-order valence-corrected chi connectivity index (χ4v) is 3.01. The Labute approximate surface area is 133 Å². The maximum absolute atomic E-state index is 11.7. The number of hydrogen-bond acceptors (Lipinski definition) is 3. The molecule has 0 aliphatic heterocycles. The Balaban J connectivity index is 1.73. The van der Waals surface area contributed by atoms with E-state index >= 15 is 0 Å². The second-order valence-corrected chi connectivity index (χ2v) is 7.27. The molecule has 0 saturated heterocycles. The van der Waals surface area contributed by atoms with Crippen LogP contribution < -0.4 is 11.1 Å². The van der Waals surface area contributed by atoms with Crippen LogP contribution in [0.2, 0.25) is 0 Å². The summed E-state index contributed by atoms with van der Waals surface area (Å²) in [6.45, 7) is 6.35. The van der Waals surface area contributed by atoms with Gasteiger partial charge in [-0.3, -0.25) is 0 Å². The summed E-state index contributed by atoms with van der Waals surface area (Å²) < 4.78 is 5.27. The van der Waals surface area contributed by atoms with E-state index in [-0.39, 0.29) is 6.09 Å². The van der Waals surface area contributed by atoms with Crippen molar-refractivity contribution in [3.05, 3.63) is 29.8 Å². The van der Waals surface area contributed by atoms with Crippen molar-refractivity contribution < 1.29 is 9.53 Å². The Hall–Kier alpha value is -1.71. The lowest BCUT2D eigenvalue weighted by molar-refractivity contribution is 0.0514. The zero-order chi connectivity index (χ0) is 16.2. The third kappa shape index (κ3) is 5.24. The lowest BCUT2D eigenvalue weighted by Crippen LogP contribution is -2.36. The highest BCUT2D eigenvalue weighted by Crippen LogP contribution is 2.35. The van der Waals surface area contributed by atoms with Gasteiger partial charge in [-0.2, -0.15) is 0 Å². The molecule has 122 valence electrons. The highest BCUT2D eigenvalue weighted by atomic mass is 16.6. The second kappa shape index (κ2) is 7.03. The molecule has 3 N–H and O–H groups in total. The zero-order valence-electron chi connectivity index (χ0n) is 13.9. The van der Waals surface area contributed by atoms with Crippen LogP contribution in [-0.2, 0) is 4.74 Å². The maximum atomic E-state index is 11.7. The number of ether oxygens (including phenoxy) is 1. The minimum Gasteiger partial charge on any atom is -0.444 e. The first-order valence-electron chi connectivity index (χ1n) is 8.16. The van der Waals surface area contributed by atoms with E-state index in [2.05, 4.69) is 17.4 Å². The molecule has 1 aromatic carbocycles. The molecule has 1 amide bonds. The van der Waals surface area contributed by atoms with Crippen LogP contribution in [0, 0.1) is 5.92 Å². The Bertz CT molecular complexity index is 483. The minimum absolute atomic E-state index is 0.312. The first-order chi connectivity index (χ1) is 10.3. The molecule has 1 aliphatic carbocycles. The lowest BCUT2D eigenvalue weighted by Gasteiger charge is -2.29. The first kappa shape index (κ1) is 16.7. The number of rotatable bonds is 3. The Morgan fingerprint density at radius 2 is 1.77 bits per heavy atom. The Morgan fingerprint density at radius 1 is 1.18 bits per heavy atom. The molecule has 22 heavy (non-hydrogen) atoms. The second-order valence-electron chi connectivity index (χ2n) is 7.27. The molecule has 1 aromatic rings. The SMILES string of the molecule is CC(C)(C)OC(=O)NCC1CCC(c2ccc(N)cc2)CC1. The molecular formula is C18H28N2O2.